The second-order valence-electron chi connectivity index (χ2n) is 5.26. The van der Waals surface area contributed by atoms with Gasteiger partial charge >= 0.3 is 12.2 Å². The van der Waals surface area contributed by atoms with Gasteiger partial charge in [-0.2, -0.15) is 18.3 Å². The third kappa shape index (κ3) is 3.58. The molecular weight excluding hydrogens is 349 g/mol. The first-order valence-electron chi connectivity index (χ1n) is 6.99. The van der Waals surface area contributed by atoms with E-state index in [1.54, 1.807) is 10.9 Å². The van der Waals surface area contributed by atoms with Crippen LogP contribution in [0, 0.1) is 0 Å². The molecule has 1 aliphatic heterocycles. The fourth-order valence-corrected chi connectivity index (χ4v) is 2.54. The van der Waals surface area contributed by atoms with E-state index < -0.39 is 17.9 Å². The van der Waals surface area contributed by atoms with Gasteiger partial charge in [-0.25, -0.2) is 4.79 Å². The number of anilines is 1. The van der Waals surface area contributed by atoms with Crippen molar-refractivity contribution in [2.45, 2.75) is 18.6 Å². The largest absolute Gasteiger partial charge is 0.435 e. The van der Waals surface area contributed by atoms with Gasteiger partial charge in [-0.3, -0.25) is 10.00 Å². The standard InChI is InChI=1S/C13H12ClF3N6O/c14-8-5-18-23(6-8)9-3-4-22(7-9)12(24)19-11-2-1-10(20-21-11)13(15,16)17/h1-2,5-6,9H,3-4,7H2,(H,19,21,24). The zero-order valence-electron chi connectivity index (χ0n) is 12.2. The minimum atomic E-state index is -4.57. The molecule has 24 heavy (non-hydrogen) atoms. The molecule has 1 fully saturated rings. The Hall–Kier alpha value is -2.36. The van der Waals surface area contributed by atoms with Crippen molar-refractivity contribution in [2.75, 3.05) is 18.4 Å². The fourth-order valence-electron chi connectivity index (χ4n) is 2.40. The Balaban J connectivity index is 1.59. The van der Waals surface area contributed by atoms with Crippen LogP contribution in [0.15, 0.2) is 24.5 Å². The van der Waals surface area contributed by atoms with Gasteiger partial charge in [0.05, 0.1) is 17.3 Å². The van der Waals surface area contributed by atoms with Crippen LogP contribution in [0.1, 0.15) is 18.2 Å². The lowest BCUT2D eigenvalue weighted by Gasteiger charge is -2.17. The number of alkyl halides is 3. The van der Waals surface area contributed by atoms with Crippen molar-refractivity contribution >= 4 is 23.4 Å². The molecule has 0 saturated carbocycles. The Morgan fingerprint density at radius 1 is 1.33 bits per heavy atom. The Morgan fingerprint density at radius 3 is 2.71 bits per heavy atom. The molecule has 1 aliphatic rings. The van der Waals surface area contributed by atoms with E-state index in [4.69, 9.17) is 11.6 Å². The van der Waals surface area contributed by atoms with Crippen molar-refractivity contribution < 1.29 is 18.0 Å². The number of amides is 2. The molecule has 1 unspecified atom stereocenters. The van der Waals surface area contributed by atoms with Crippen molar-refractivity contribution in [1.82, 2.24) is 24.9 Å². The number of hydrogen-bond acceptors (Lipinski definition) is 4. The molecule has 128 valence electrons. The molecule has 2 aromatic heterocycles. The number of likely N-dealkylation sites (tertiary alicyclic amines) is 1. The van der Waals surface area contributed by atoms with Gasteiger partial charge in [-0.15, -0.1) is 10.2 Å². The first-order chi connectivity index (χ1) is 11.3. The first-order valence-corrected chi connectivity index (χ1v) is 7.37. The fraction of sp³-hybridized carbons (Fsp3) is 0.385. The molecule has 3 rings (SSSR count). The smallest absolute Gasteiger partial charge is 0.322 e. The van der Waals surface area contributed by atoms with Gasteiger partial charge in [0.2, 0.25) is 0 Å². The predicted octanol–water partition coefficient (Wildman–Crippen LogP) is 2.82. The summed E-state index contributed by atoms with van der Waals surface area (Å²) in [4.78, 5) is 13.7. The SMILES string of the molecule is O=C(Nc1ccc(C(F)(F)F)nn1)N1CCC(n2cc(Cl)cn2)C1. The van der Waals surface area contributed by atoms with E-state index in [9.17, 15) is 18.0 Å². The average molecular weight is 361 g/mol. The summed E-state index contributed by atoms with van der Waals surface area (Å²) in [6.45, 7) is 0.903. The van der Waals surface area contributed by atoms with E-state index in [2.05, 4.69) is 20.6 Å². The van der Waals surface area contributed by atoms with Crippen molar-refractivity contribution in [2.24, 2.45) is 0 Å². The number of halogens is 4. The van der Waals surface area contributed by atoms with Gasteiger partial charge < -0.3 is 4.90 Å². The normalized spacial score (nSPS) is 18.0. The third-order valence-corrected chi connectivity index (χ3v) is 3.78. The number of urea groups is 1. The van der Waals surface area contributed by atoms with Crippen molar-refractivity contribution in [3.05, 3.63) is 35.2 Å². The highest BCUT2D eigenvalue weighted by atomic mass is 35.5. The summed E-state index contributed by atoms with van der Waals surface area (Å²) < 4.78 is 38.9. The second-order valence-corrected chi connectivity index (χ2v) is 5.70. The number of nitrogens with zero attached hydrogens (tertiary/aromatic N) is 5. The first kappa shape index (κ1) is 16.5. The van der Waals surface area contributed by atoms with Gasteiger partial charge in [-0.05, 0) is 18.6 Å². The minimum Gasteiger partial charge on any atom is -0.322 e. The van der Waals surface area contributed by atoms with Crippen LogP contribution >= 0.6 is 11.6 Å². The summed E-state index contributed by atoms with van der Waals surface area (Å²) in [7, 11) is 0. The maximum Gasteiger partial charge on any atom is 0.435 e. The van der Waals surface area contributed by atoms with E-state index in [1.165, 1.54) is 11.1 Å². The Bertz CT molecular complexity index is 732. The molecule has 0 spiro atoms. The number of aromatic nitrogens is 4. The number of carbonyl (C=O) groups is 1. The van der Waals surface area contributed by atoms with Crippen LogP contribution in [-0.2, 0) is 6.18 Å². The Labute approximate surface area is 139 Å². The van der Waals surface area contributed by atoms with E-state index in [0.717, 1.165) is 12.1 Å². The lowest BCUT2D eigenvalue weighted by Crippen LogP contribution is -2.33. The molecule has 11 heteroatoms. The molecule has 0 radical (unpaired) electrons. The number of carbonyl (C=O) groups excluding carboxylic acids is 1. The molecule has 0 aromatic carbocycles. The monoisotopic (exact) mass is 360 g/mol. The summed E-state index contributed by atoms with van der Waals surface area (Å²) in [5.74, 6) is -0.0430. The van der Waals surface area contributed by atoms with E-state index in [0.29, 0.717) is 24.5 Å². The zero-order chi connectivity index (χ0) is 17.3. The molecular formula is C13H12ClF3N6O. The summed E-state index contributed by atoms with van der Waals surface area (Å²) in [6, 6.07) is 1.38. The number of nitrogens with one attached hydrogen (secondary N) is 1. The van der Waals surface area contributed by atoms with Crippen LogP contribution in [-0.4, -0.2) is 44.0 Å². The van der Waals surface area contributed by atoms with Gasteiger partial charge in [0.1, 0.15) is 0 Å². The van der Waals surface area contributed by atoms with Gasteiger partial charge in [0.25, 0.3) is 0 Å². The van der Waals surface area contributed by atoms with Crippen molar-refractivity contribution in [1.29, 1.82) is 0 Å². The van der Waals surface area contributed by atoms with E-state index >= 15 is 0 Å². The summed E-state index contributed by atoms with van der Waals surface area (Å²) in [6.07, 6.45) is -0.677. The zero-order valence-corrected chi connectivity index (χ0v) is 12.9. The summed E-state index contributed by atoms with van der Waals surface area (Å²) >= 11 is 5.82. The van der Waals surface area contributed by atoms with Crippen LogP contribution in [0.4, 0.5) is 23.8 Å². The average Bonchev–Trinajstić information content (AvgIpc) is 3.15. The molecule has 2 amide bonds. The Kier molecular flexibility index (Phi) is 4.31. The lowest BCUT2D eigenvalue weighted by atomic mass is 10.3. The topological polar surface area (TPSA) is 75.9 Å². The maximum atomic E-state index is 12.4. The molecule has 1 saturated heterocycles. The third-order valence-electron chi connectivity index (χ3n) is 3.58. The van der Waals surface area contributed by atoms with Crippen LogP contribution < -0.4 is 5.32 Å². The van der Waals surface area contributed by atoms with Crippen LogP contribution in [0.3, 0.4) is 0 Å². The van der Waals surface area contributed by atoms with Crippen molar-refractivity contribution in [3.8, 4) is 0 Å². The molecule has 3 heterocycles. The highest BCUT2D eigenvalue weighted by molar-refractivity contribution is 6.30. The number of rotatable bonds is 2. The molecule has 0 aliphatic carbocycles. The van der Waals surface area contributed by atoms with Crippen LogP contribution in [0.2, 0.25) is 5.02 Å². The quantitative estimate of drug-likeness (QED) is 0.893. The predicted molar refractivity (Wildman–Crippen MR) is 78.5 cm³/mol. The van der Waals surface area contributed by atoms with Gasteiger partial charge in [-0.1, -0.05) is 11.6 Å². The highest BCUT2D eigenvalue weighted by Crippen LogP contribution is 2.27. The second kappa shape index (κ2) is 6.27. The molecule has 2 aromatic rings. The van der Waals surface area contributed by atoms with Gasteiger partial charge in [0, 0.05) is 19.3 Å². The highest BCUT2D eigenvalue weighted by Gasteiger charge is 2.33. The van der Waals surface area contributed by atoms with E-state index in [-0.39, 0.29) is 11.9 Å². The summed E-state index contributed by atoms with van der Waals surface area (Å²) in [5.41, 5.74) is -1.11. The van der Waals surface area contributed by atoms with Crippen LogP contribution in [0.5, 0.6) is 0 Å². The van der Waals surface area contributed by atoms with Crippen LogP contribution in [0.25, 0.3) is 0 Å². The number of hydrogen-bond donors (Lipinski definition) is 1. The van der Waals surface area contributed by atoms with E-state index in [1.807, 2.05) is 0 Å². The molecule has 7 nitrogen and oxygen atoms in total. The summed E-state index contributed by atoms with van der Waals surface area (Å²) in [5, 5.41) is 13.5. The molecule has 1 N–H and O–H groups in total. The van der Waals surface area contributed by atoms with Crippen molar-refractivity contribution in [3.63, 3.8) is 0 Å². The maximum absolute atomic E-state index is 12.4. The lowest BCUT2D eigenvalue weighted by molar-refractivity contribution is -0.141. The van der Waals surface area contributed by atoms with Gasteiger partial charge in [0.15, 0.2) is 11.5 Å². The minimum absolute atomic E-state index is 0.00180. The Morgan fingerprint density at radius 2 is 2.12 bits per heavy atom. The molecule has 0 bridgehead atoms. The molecule has 1 atom stereocenters.